The SMILES string of the molecule is C=CCc1c(O)ccc2c1OC=CC2C=O. The van der Waals surface area contributed by atoms with E-state index in [1.54, 1.807) is 24.3 Å². The molecule has 1 heterocycles. The molecule has 1 unspecified atom stereocenters. The summed E-state index contributed by atoms with van der Waals surface area (Å²) in [6, 6.07) is 3.29. The van der Waals surface area contributed by atoms with E-state index in [0.29, 0.717) is 17.7 Å². The number of aromatic hydroxyl groups is 1. The molecule has 1 aromatic carbocycles. The maximum Gasteiger partial charge on any atom is 0.137 e. The molecule has 0 bridgehead atoms. The van der Waals surface area contributed by atoms with Gasteiger partial charge in [-0.3, -0.25) is 0 Å². The quantitative estimate of drug-likeness (QED) is 0.623. The third kappa shape index (κ3) is 1.60. The number of rotatable bonds is 3. The van der Waals surface area contributed by atoms with Crippen molar-refractivity contribution in [3.05, 3.63) is 48.3 Å². The fourth-order valence-electron chi connectivity index (χ4n) is 1.79. The van der Waals surface area contributed by atoms with Gasteiger partial charge in [-0.15, -0.1) is 6.58 Å². The van der Waals surface area contributed by atoms with Crippen molar-refractivity contribution < 1.29 is 14.6 Å². The smallest absolute Gasteiger partial charge is 0.137 e. The van der Waals surface area contributed by atoms with Gasteiger partial charge in [-0.2, -0.15) is 0 Å². The molecule has 3 nitrogen and oxygen atoms in total. The molecule has 0 aliphatic carbocycles. The van der Waals surface area contributed by atoms with Crippen molar-refractivity contribution in [2.24, 2.45) is 0 Å². The Morgan fingerprint density at radius 1 is 1.50 bits per heavy atom. The van der Waals surface area contributed by atoms with Crippen LogP contribution in [0.1, 0.15) is 17.0 Å². The number of phenolic OH excluding ortho intramolecular Hbond substituents is 1. The van der Waals surface area contributed by atoms with E-state index in [2.05, 4.69) is 6.58 Å². The van der Waals surface area contributed by atoms with Gasteiger partial charge in [-0.25, -0.2) is 0 Å². The number of benzene rings is 1. The summed E-state index contributed by atoms with van der Waals surface area (Å²) >= 11 is 0. The molecular weight excluding hydrogens is 204 g/mol. The topological polar surface area (TPSA) is 46.5 Å². The molecular formula is C13H12O3. The number of ether oxygens (including phenoxy) is 1. The Labute approximate surface area is 93.7 Å². The lowest BCUT2D eigenvalue weighted by Crippen LogP contribution is -2.07. The van der Waals surface area contributed by atoms with Crippen LogP contribution >= 0.6 is 0 Å². The van der Waals surface area contributed by atoms with Crippen LogP contribution in [0.2, 0.25) is 0 Å². The molecule has 1 aliphatic rings. The van der Waals surface area contributed by atoms with Crippen LogP contribution in [0.4, 0.5) is 0 Å². The van der Waals surface area contributed by atoms with Gasteiger partial charge >= 0.3 is 0 Å². The average molecular weight is 216 g/mol. The van der Waals surface area contributed by atoms with E-state index in [1.807, 2.05) is 0 Å². The first-order chi connectivity index (χ1) is 7.77. The van der Waals surface area contributed by atoms with E-state index in [1.165, 1.54) is 6.26 Å². The van der Waals surface area contributed by atoms with Crippen LogP contribution in [0.25, 0.3) is 0 Å². The van der Waals surface area contributed by atoms with Crippen LogP contribution < -0.4 is 4.74 Å². The Balaban J connectivity index is 2.56. The molecule has 0 fully saturated rings. The summed E-state index contributed by atoms with van der Waals surface area (Å²) in [5.74, 6) is 0.436. The number of hydrogen-bond donors (Lipinski definition) is 1. The van der Waals surface area contributed by atoms with E-state index in [0.717, 1.165) is 11.8 Å². The second-order valence-electron chi connectivity index (χ2n) is 3.58. The maximum absolute atomic E-state index is 10.9. The molecule has 0 aromatic heterocycles. The third-order valence-corrected chi connectivity index (χ3v) is 2.59. The highest BCUT2D eigenvalue weighted by Crippen LogP contribution is 2.38. The average Bonchev–Trinajstić information content (AvgIpc) is 2.32. The minimum Gasteiger partial charge on any atom is -0.508 e. The second kappa shape index (κ2) is 4.23. The molecule has 0 saturated heterocycles. The van der Waals surface area contributed by atoms with E-state index in [9.17, 15) is 9.90 Å². The largest absolute Gasteiger partial charge is 0.508 e. The molecule has 0 amide bonds. The highest BCUT2D eigenvalue weighted by molar-refractivity contribution is 5.70. The summed E-state index contributed by atoms with van der Waals surface area (Å²) in [6.45, 7) is 3.63. The first-order valence-corrected chi connectivity index (χ1v) is 5.02. The van der Waals surface area contributed by atoms with Crippen molar-refractivity contribution in [3.63, 3.8) is 0 Å². The highest BCUT2D eigenvalue weighted by atomic mass is 16.5. The Morgan fingerprint density at radius 2 is 2.31 bits per heavy atom. The number of aldehydes is 1. The molecule has 1 aromatic rings. The van der Waals surface area contributed by atoms with Crippen LogP contribution in [0.3, 0.4) is 0 Å². The van der Waals surface area contributed by atoms with Crippen molar-refractivity contribution in [2.45, 2.75) is 12.3 Å². The lowest BCUT2D eigenvalue weighted by Gasteiger charge is -2.20. The second-order valence-corrected chi connectivity index (χ2v) is 3.58. The fourth-order valence-corrected chi connectivity index (χ4v) is 1.79. The predicted octanol–water partition coefficient (Wildman–Crippen LogP) is 2.31. The summed E-state index contributed by atoms with van der Waals surface area (Å²) in [4.78, 5) is 10.9. The van der Waals surface area contributed by atoms with Gasteiger partial charge in [0.1, 0.15) is 17.8 Å². The summed E-state index contributed by atoms with van der Waals surface area (Å²) < 4.78 is 5.37. The van der Waals surface area contributed by atoms with Crippen LogP contribution in [-0.4, -0.2) is 11.4 Å². The normalized spacial score (nSPS) is 17.4. The number of hydrogen-bond acceptors (Lipinski definition) is 3. The monoisotopic (exact) mass is 216 g/mol. The molecule has 1 atom stereocenters. The zero-order valence-corrected chi connectivity index (χ0v) is 8.72. The fraction of sp³-hybridized carbons (Fsp3) is 0.154. The van der Waals surface area contributed by atoms with E-state index in [4.69, 9.17) is 4.74 Å². The molecule has 1 N–H and O–H groups in total. The van der Waals surface area contributed by atoms with Crippen LogP contribution in [0.15, 0.2) is 37.1 Å². The first kappa shape index (κ1) is 10.5. The number of carbonyl (C=O) groups excluding carboxylic acids is 1. The molecule has 0 saturated carbocycles. The predicted molar refractivity (Wildman–Crippen MR) is 60.6 cm³/mol. The van der Waals surface area contributed by atoms with Gasteiger partial charge in [-0.05, 0) is 18.6 Å². The summed E-state index contributed by atoms with van der Waals surface area (Å²) in [5.41, 5.74) is 1.45. The van der Waals surface area contributed by atoms with Gasteiger partial charge in [0.05, 0.1) is 12.2 Å². The van der Waals surface area contributed by atoms with Crippen molar-refractivity contribution in [1.29, 1.82) is 0 Å². The molecule has 1 aliphatic heterocycles. The van der Waals surface area contributed by atoms with Gasteiger partial charge in [0.25, 0.3) is 0 Å². The van der Waals surface area contributed by atoms with Gasteiger partial charge in [0.2, 0.25) is 0 Å². The summed E-state index contributed by atoms with van der Waals surface area (Å²) in [6.07, 6.45) is 6.21. The Kier molecular flexibility index (Phi) is 2.77. The first-order valence-electron chi connectivity index (χ1n) is 5.02. The molecule has 3 heteroatoms. The Hall–Kier alpha value is -2.03. The van der Waals surface area contributed by atoms with Crippen molar-refractivity contribution >= 4 is 6.29 Å². The zero-order valence-electron chi connectivity index (χ0n) is 8.72. The van der Waals surface area contributed by atoms with Gasteiger partial charge < -0.3 is 14.6 Å². The Morgan fingerprint density at radius 3 is 3.00 bits per heavy atom. The van der Waals surface area contributed by atoms with Crippen LogP contribution in [0.5, 0.6) is 11.5 Å². The number of fused-ring (bicyclic) bond motifs is 1. The van der Waals surface area contributed by atoms with E-state index < -0.39 is 0 Å². The summed E-state index contributed by atoms with van der Waals surface area (Å²) in [7, 11) is 0. The maximum atomic E-state index is 10.9. The minimum atomic E-state index is -0.298. The number of carbonyl (C=O) groups is 1. The van der Waals surface area contributed by atoms with E-state index in [-0.39, 0.29) is 11.7 Å². The van der Waals surface area contributed by atoms with Gasteiger partial charge in [0, 0.05) is 11.1 Å². The van der Waals surface area contributed by atoms with Crippen LogP contribution in [-0.2, 0) is 11.2 Å². The molecule has 16 heavy (non-hydrogen) atoms. The molecule has 0 radical (unpaired) electrons. The number of phenols is 1. The zero-order chi connectivity index (χ0) is 11.5. The lowest BCUT2D eigenvalue weighted by atomic mass is 9.94. The van der Waals surface area contributed by atoms with Crippen LogP contribution in [0, 0.1) is 0 Å². The number of allylic oxidation sites excluding steroid dienone is 2. The molecule has 2 rings (SSSR count). The lowest BCUT2D eigenvalue weighted by molar-refractivity contribution is -0.108. The Bertz CT molecular complexity index is 460. The van der Waals surface area contributed by atoms with Crippen molar-refractivity contribution in [1.82, 2.24) is 0 Å². The minimum absolute atomic E-state index is 0.165. The van der Waals surface area contributed by atoms with Gasteiger partial charge in [-0.1, -0.05) is 12.1 Å². The standard InChI is InChI=1S/C13H12O3/c1-2-3-11-12(15)5-4-10-9(8-14)6-7-16-13(10)11/h2,4-9,15H,1,3H2. The van der Waals surface area contributed by atoms with Crippen molar-refractivity contribution in [2.75, 3.05) is 0 Å². The van der Waals surface area contributed by atoms with E-state index >= 15 is 0 Å². The summed E-state index contributed by atoms with van der Waals surface area (Å²) in [5, 5.41) is 9.72. The van der Waals surface area contributed by atoms with Gasteiger partial charge in [0.15, 0.2) is 0 Å². The molecule has 0 spiro atoms. The third-order valence-electron chi connectivity index (χ3n) is 2.59. The highest BCUT2D eigenvalue weighted by Gasteiger charge is 2.21. The molecule has 82 valence electrons. The van der Waals surface area contributed by atoms with Crippen molar-refractivity contribution in [3.8, 4) is 11.5 Å².